The number of benzene rings is 1. The van der Waals surface area contributed by atoms with Gasteiger partial charge in [0.2, 0.25) is 11.7 Å². The second-order valence-corrected chi connectivity index (χ2v) is 3.91. The summed E-state index contributed by atoms with van der Waals surface area (Å²) in [4.78, 5) is 17.3. The lowest BCUT2D eigenvalue weighted by molar-refractivity contribution is 0.0827. The van der Waals surface area contributed by atoms with Gasteiger partial charge in [0, 0.05) is 32.1 Å². The molecule has 0 saturated heterocycles. The van der Waals surface area contributed by atoms with Crippen LogP contribution in [0, 0.1) is 6.92 Å². The Labute approximate surface area is 99.1 Å². The standard InChI is InChI=1S/C12H13N3O2/c1-8-13-11(14-17-8)9-4-6-10(7-5-9)12(16)15(2)3/h4-7H,1-3H3. The van der Waals surface area contributed by atoms with Crippen LogP contribution < -0.4 is 0 Å². The fourth-order valence-corrected chi connectivity index (χ4v) is 1.44. The van der Waals surface area contributed by atoms with E-state index in [1.54, 1.807) is 45.3 Å². The van der Waals surface area contributed by atoms with Crippen LogP contribution in [0.15, 0.2) is 28.8 Å². The molecule has 17 heavy (non-hydrogen) atoms. The van der Waals surface area contributed by atoms with Crippen molar-refractivity contribution in [1.29, 1.82) is 0 Å². The average Bonchev–Trinajstić information content (AvgIpc) is 2.75. The van der Waals surface area contributed by atoms with Crippen molar-refractivity contribution in [3.05, 3.63) is 35.7 Å². The third-order valence-electron chi connectivity index (χ3n) is 2.32. The molecule has 1 heterocycles. The Morgan fingerprint density at radius 3 is 2.35 bits per heavy atom. The fraction of sp³-hybridized carbons (Fsp3) is 0.250. The van der Waals surface area contributed by atoms with E-state index in [2.05, 4.69) is 10.1 Å². The van der Waals surface area contributed by atoms with Gasteiger partial charge in [0.1, 0.15) is 0 Å². The SMILES string of the molecule is Cc1nc(-c2ccc(C(=O)N(C)C)cc2)no1. The summed E-state index contributed by atoms with van der Waals surface area (Å²) in [6.07, 6.45) is 0. The van der Waals surface area contributed by atoms with Crippen molar-refractivity contribution >= 4 is 5.91 Å². The third-order valence-corrected chi connectivity index (χ3v) is 2.32. The molecule has 0 aliphatic carbocycles. The monoisotopic (exact) mass is 231 g/mol. The predicted octanol–water partition coefficient (Wildman–Crippen LogP) is 1.75. The minimum absolute atomic E-state index is 0.0270. The molecular formula is C12H13N3O2. The number of hydrogen-bond acceptors (Lipinski definition) is 4. The van der Waals surface area contributed by atoms with E-state index in [0.29, 0.717) is 17.3 Å². The van der Waals surface area contributed by atoms with Crippen LogP contribution in [0.1, 0.15) is 16.2 Å². The summed E-state index contributed by atoms with van der Waals surface area (Å²) in [5, 5.41) is 3.81. The van der Waals surface area contributed by atoms with Crippen LogP contribution in [-0.4, -0.2) is 35.0 Å². The Hall–Kier alpha value is -2.17. The first-order valence-corrected chi connectivity index (χ1v) is 5.20. The summed E-state index contributed by atoms with van der Waals surface area (Å²) in [5.74, 6) is 1.03. The zero-order chi connectivity index (χ0) is 12.4. The molecule has 0 spiro atoms. The van der Waals surface area contributed by atoms with E-state index >= 15 is 0 Å². The van der Waals surface area contributed by atoms with E-state index in [4.69, 9.17) is 4.52 Å². The summed E-state index contributed by atoms with van der Waals surface area (Å²) in [5.41, 5.74) is 1.47. The molecule has 1 aromatic carbocycles. The molecule has 2 aromatic rings. The minimum atomic E-state index is -0.0270. The highest BCUT2D eigenvalue weighted by atomic mass is 16.5. The Bertz CT molecular complexity index is 529. The van der Waals surface area contributed by atoms with Gasteiger partial charge in [0.05, 0.1) is 0 Å². The molecule has 5 nitrogen and oxygen atoms in total. The van der Waals surface area contributed by atoms with Gasteiger partial charge < -0.3 is 9.42 Å². The largest absolute Gasteiger partial charge is 0.345 e. The Morgan fingerprint density at radius 1 is 1.24 bits per heavy atom. The maximum Gasteiger partial charge on any atom is 0.253 e. The summed E-state index contributed by atoms with van der Waals surface area (Å²) < 4.78 is 4.90. The van der Waals surface area contributed by atoms with Crippen molar-refractivity contribution in [3.8, 4) is 11.4 Å². The number of amides is 1. The minimum Gasteiger partial charge on any atom is -0.345 e. The highest BCUT2D eigenvalue weighted by Crippen LogP contribution is 2.16. The van der Waals surface area contributed by atoms with Crippen molar-refractivity contribution in [2.24, 2.45) is 0 Å². The first-order valence-electron chi connectivity index (χ1n) is 5.20. The molecule has 0 aliphatic heterocycles. The van der Waals surface area contributed by atoms with Crippen LogP contribution in [0.25, 0.3) is 11.4 Å². The first kappa shape index (κ1) is 11.3. The van der Waals surface area contributed by atoms with Crippen molar-refractivity contribution < 1.29 is 9.32 Å². The summed E-state index contributed by atoms with van der Waals surface area (Å²) in [7, 11) is 3.44. The molecule has 0 N–H and O–H groups in total. The van der Waals surface area contributed by atoms with E-state index < -0.39 is 0 Å². The van der Waals surface area contributed by atoms with E-state index in [9.17, 15) is 4.79 Å². The van der Waals surface area contributed by atoms with E-state index in [1.807, 2.05) is 0 Å². The van der Waals surface area contributed by atoms with Crippen LogP contribution in [0.4, 0.5) is 0 Å². The third kappa shape index (κ3) is 2.33. The normalized spacial score (nSPS) is 10.3. The highest BCUT2D eigenvalue weighted by molar-refractivity contribution is 5.94. The van der Waals surface area contributed by atoms with Gasteiger partial charge in [-0.15, -0.1) is 0 Å². The van der Waals surface area contributed by atoms with Gasteiger partial charge in [0.15, 0.2) is 0 Å². The van der Waals surface area contributed by atoms with Crippen LogP contribution in [0.2, 0.25) is 0 Å². The van der Waals surface area contributed by atoms with Gasteiger partial charge in [-0.25, -0.2) is 0 Å². The molecular weight excluding hydrogens is 218 g/mol. The topological polar surface area (TPSA) is 59.2 Å². The Balaban J connectivity index is 2.27. The van der Waals surface area contributed by atoms with Gasteiger partial charge in [-0.2, -0.15) is 4.98 Å². The van der Waals surface area contributed by atoms with Crippen molar-refractivity contribution in [2.45, 2.75) is 6.92 Å². The van der Waals surface area contributed by atoms with Crippen LogP contribution >= 0.6 is 0 Å². The van der Waals surface area contributed by atoms with Gasteiger partial charge >= 0.3 is 0 Å². The smallest absolute Gasteiger partial charge is 0.253 e. The van der Waals surface area contributed by atoms with Gasteiger partial charge in [-0.05, 0) is 12.1 Å². The van der Waals surface area contributed by atoms with E-state index in [0.717, 1.165) is 5.56 Å². The van der Waals surface area contributed by atoms with Crippen molar-refractivity contribution in [1.82, 2.24) is 15.0 Å². The molecule has 2 rings (SSSR count). The molecule has 1 amide bonds. The molecule has 0 atom stereocenters. The number of carbonyl (C=O) groups is 1. The zero-order valence-corrected chi connectivity index (χ0v) is 9.97. The molecule has 0 radical (unpaired) electrons. The highest BCUT2D eigenvalue weighted by Gasteiger charge is 2.09. The lowest BCUT2D eigenvalue weighted by Crippen LogP contribution is -2.21. The summed E-state index contributed by atoms with van der Waals surface area (Å²) >= 11 is 0. The molecule has 0 aliphatic rings. The Morgan fingerprint density at radius 2 is 1.88 bits per heavy atom. The lowest BCUT2D eigenvalue weighted by Gasteiger charge is -2.09. The quantitative estimate of drug-likeness (QED) is 0.790. The van der Waals surface area contributed by atoms with Gasteiger partial charge in [-0.1, -0.05) is 17.3 Å². The molecule has 0 unspecified atom stereocenters. The first-order chi connectivity index (χ1) is 8.08. The Kier molecular flexibility index (Phi) is 2.91. The van der Waals surface area contributed by atoms with Crippen molar-refractivity contribution in [2.75, 3.05) is 14.1 Å². The van der Waals surface area contributed by atoms with Gasteiger partial charge in [-0.3, -0.25) is 4.79 Å². The summed E-state index contributed by atoms with van der Waals surface area (Å²) in [6, 6.07) is 7.12. The van der Waals surface area contributed by atoms with E-state index in [-0.39, 0.29) is 5.91 Å². The molecule has 1 aromatic heterocycles. The maximum atomic E-state index is 11.7. The van der Waals surface area contributed by atoms with Gasteiger partial charge in [0.25, 0.3) is 5.91 Å². The number of aromatic nitrogens is 2. The molecule has 88 valence electrons. The molecule has 0 bridgehead atoms. The second kappa shape index (κ2) is 4.37. The number of hydrogen-bond donors (Lipinski definition) is 0. The predicted molar refractivity (Wildman–Crippen MR) is 62.5 cm³/mol. The fourth-order valence-electron chi connectivity index (χ4n) is 1.44. The number of aryl methyl sites for hydroxylation is 1. The zero-order valence-electron chi connectivity index (χ0n) is 9.97. The number of rotatable bonds is 2. The molecule has 0 saturated carbocycles. The average molecular weight is 231 g/mol. The molecule has 5 heteroatoms. The van der Waals surface area contributed by atoms with Crippen molar-refractivity contribution in [3.63, 3.8) is 0 Å². The van der Waals surface area contributed by atoms with Crippen LogP contribution in [0.5, 0.6) is 0 Å². The van der Waals surface area contributed by atoms with E-state index in [1.165, 1.54) is 4.90 Å². The maximum absolute atomic E-state index is 11.7. The number of nitrogens with zero attached hydrogens (tertiary/aromatic N) is 3. The van der Waals surface area contributed by atoms with Crippen LogP contribution in [0.3, 0.4) is 0 Å². The summed E-state index contributed by atoms with van der Waals surface area (Å²) in [6.45, 7) is 1.74. The lowest BCUT2D eigenvalue weighted by atomic mass is 10.1. The van der Waals surface area contributed by atoms with Crippen LogP contribution in [-0.2, 0) is 0 Å². The second-order valence-electron chi connectivity index (χ2n) is 3.91. The number of carbonyl (C=O) groups excluding carboxylic acids is 1. The molecule has 0 fully saturated rings.